The molecule has 0 aliphatic heterocycles. The second-order valence-corrected chi connectivity index (χ2v) is 6.07. The molecule has 0 unspecified atom stereocenters. The number of benzene rings is 1. The van der Waals surface area contributed by atoms with E-state index in [1.807, 2.05) is 12.2 Å². The first-order valence-corrected chi connectivity index (χ1v) is 6.98. The van der Waals surface area contributed by atoms with Crippen molar-refractivity contribution < 1.29 is 0 Å². The number of hydrogen-bond donors (Lipinski definition) is 0. The van der Waals surface area contributed by atoms with Gasteiger partial charge in [-0.25, -0.2) is 0 Å². The van der Waals surface area contributed by atoms with Crippen molar-refractivity contribution in [2.45, 2.75) is 27.3 Å². The van der Waals surface area contributed by atoms with Gasteiger partial charge in [0, 0.05) is 18.5 Å². The highest BCUT2D eigenvalue weighted by molar-refractivity contribution is 5.47. The Morgan fingerprint density at radius 3 is 2.70 bits per heavy atom. The molecule has 0 amide bonds. The molecule has 0 aliphatic carbocycles. The Balaban J connectivity index is 2.47. The maximum atomic E-state index is 3.80. The first kappa shape index (κ1) is 16.3. The lowest BCUT2D eigenvalue weighted by atomic mass is 9.98. The Labute approximate surface area is 124 Å². The van der Waals surface area contributed by atoms with Gasteiger partial charge in [-0.05, 0) is 45.0 Å². The molecule has 0 fully saturated rings. The van der Waals surface area contributed by atoms with E-state index in [2.05, 4.69) is 81.5 Å². The van der Waals surface area contributed by atoms with Crippen molar-refractivity contribution in [2.75, 3.05) is 13.6 Å². The van der Waals surface area contributed by atoms with E-state index in [1.54, 1.807) is 0 Å². The molecule has 1 aromatic rings. The van der Waals surface area contributed by atoms with Crippen LogP contribution in [-0.2, 0) is 6.54 Å². The molecule has 1 heteroatoms. The minimum absolute atomic E-state index is 0.0708. The van der Waals surface area contributed by atoms with Gasteiger partial charge in [0.1, 0.15) is 0 Å². The number of hydrogen-bond acceptors (Lipinski definition) is 1. The molecular formula is C19H25N. The summed E-state index contributed by atoms with van der Waals surface area (Å²) < 4.78 is 0. The highest BCUT2D eigenvalue weighted by Gasteiger charge is 2.02. The van der Waals surface area contributed by atoms with Gasteiger partial charge in [0.2, 0.25) is 0 Å². The standard InChI is InChI=1S/C19H25N/c1-6-17-11-10-12-18(15-17)16-20(5)14-9-7-8-13-19(2,3)4/h6-7,9-12,15H,1,14,16H2,2-5H3. The summed E-state index contributed by atoms with van der Waals surface area (Å²) in [6.07, 6.45) is 5.93. The quantitative estimate of drug-likeness (QED) is 0.716. The fourth-order valence-corrected chi connectivity index (χ4v) is 1.74. The van der Waals surface area contributed by atoms with Crippen molar-refractivity contribution in [3.05, 3.63) is 54.1 Å². The lowest BCUT2D eigenvalue weighted by Crippen LogP contribution is -2.17. The third-order valence-electron chi connectivity index (χ3n) is 2.70. The molecule has 1 aromatic carbocycles. The van der Waals surface area contributed by atoms with E-state index in [-0.39, 0.29) is 5.41 Å². The number of allylic oxidation sites excluding steroid dienone is 1. The monoisotopic (exact) mass is 267 g/mol. The van der Waals surface area contributed by atoms with Crippen molar-refractivity contribution in [1.29, 1.82) is 0 Å². The van der Waals surface area contributed by atoms with Gasteiger partial charge in [-0.2, -0.15) is 0 Å². The van der Waals surface area contributed by atoms with Crippen LogP contribution in [0.5, 0.6) is 0 Å². The van der Waals surface area contributed by atoms with E-state index in [1.165, 1.54) is 11.1 Å². The molecule has 0 radical (unpaired) electrons. The van der Waals surface area contributed by atoms with Crippen molar-refractivity contribution in [3.63, 3.8) is 0 Å². The van der Waals surface area contributed by atoms with E-state index in [0.717, 1.165) is 13.1 Å². The third-order valence-corrected chi connectivity index (χ3v) is 2.70. The molecule has 0 bridgehead atoms. The molecule has 0 aromatic heterocycles. The fourth-order valence-electron chi connectivity index (χ4n) is 1.74. The molecule has 0 aliphatic rings. The topological polar surface area (TPSA) is 3.24 Å². The van der Waals surface area contributed by atoms with Gasteiger partial charge in [-0.1, -0.05) is 54.8 Å². The smallest absolute Gasteiger partial charge is 0.0234 e. The van der Waals surface area contributed by atoms with Gasteiger partial charge in [0.25, 0.3) is 0 Å². The number of likely N-dealkylation sites (N-methyl/N-ethyl adjacent to an activating group) is 1. The molecule has 1 nitrogen and oxygen atoms in total. The predicted octanol–water partition coefficient (Wildman–Crippen LogP) is 4.37. The summed E-state index contributed by atoms with van der Waals surface area (Å²) in [4.78, 5) is 2.26. The molecule has 106 valence electrons. The third kappa shape index (κ3) is 6.97. The van der Waals surface area contributed by atoms with Gasteiger partial charge in [-0.3, -0.25) is 4.90 Å². The molecule has 0 N–H and O–H groups in total. The van der Waals surface area contributed by atoms with E-state index in [9.17, 15) is 0 Å². The van der Waals surface area contributed by atoms with E-state index >= 15 is 0 Å². The lowest BCUT2D eigenvalue weighted by Gasteiger charge is -2.14. The maximum Gasteiger partial charge on any atom is 0.0234 e. The molecule has 20 heavy (non-hydrogen) atoms. The maximum absolute atomic E-state index is 3.80. The van der Waals surface area contributed by atoms with Crippen LogP contribution in [0, 0.1) is 17.3 Å². The molecule has 0 saturated heterocycles. The highest BCUT2D eigenvalue weighted by atomic mass is 15.1. The summed E-state index contributed by atoms with van der Waals surface area (Å²) in [5.74, 6) is 6.29. The minimum Gasteiger partial charge on any atom is -0.298 e. The Hall–Kier alpha value is -1.78. The van der Waals surface area contributed by atoms with Gasteiger partial charge in [0.05, 0.1) is 0 Å². The van der Waals surface area contributed by atoms with Crippen LogP contribution in [0.3, 0.4) is 0 Å². The van der Waals surface area contributed by atoms with Gasteiger partial charge in [-0.15, -0.1) is 0 Å². The van der Waals surface area contributed by atoms with Crippen LogP contribution >= 0.6 is 0 Å². The normalized spacial score (nSPS) is 11.4. The van der Waals surface area contributed by atoms with Crippen molar-refractivity contribution in [2.24, 2.45) is 5.41 Å². The Morgan fingerprint density at radius 2 is 2.05 bits per heavy atom. The van der Waals surface area contributed by atoms with Crippen LogP contribution in [0.4, 0.5) is 0 Å². The van der Waals surface area contributed by atoms with Crippen LogP contribution in [0.2, 0.25) is 0 Å². The summed E-state index contributed by atoms with van der Waals surface area (Å²) in [5, 5.41) is 0. The van der Waals surface area contributed by atoms with Gasteiger partial charge < -0.3 is 0 Å². The molecule has 0 atom stereocenters. The Morgan fingerprint density at radius 1 is 1.30 bits per heavy atom. The van der Waals surface area contributed by atoms with Crippen molar-refractivity contribution >= 4 is 6.08 Å². The van der Waals surface area contributed by atoms with E-state index < -0.39 is 0 Å². The second kappa shape index (κ2) is 7.72. The molecule has 1 rings (SSSR count). The molecular weight excluding hydrogens is 242 g/mol. The molecule has 0 heterocycles. The summed E-state index contributed by atoms with van der Waals surface area (Å²) in [7, 11) is 2.11. The summed E-state index contributed by atoms with van der Waals surface area (Å²) in [6, 6.07) is 8.46. The second-order valence-electron chi connectivity index (χ2n) is 6.07. The zero-order chi connectivity index (χ0) is 15.0. The average Bonchev–Trinajstić information content (AvgIpc) is 2.37. The number of rotatable bonds is 5. The van der Waals surface area contributed by atoms with Crippen LogP contribution < -0.4 is 0 Å². The summed E-state index contributed by atoms with van der Waals surface area (Å²) >= 11 is 0. The van der Waals surface area contributed by atoms with E-state index in [4.69, 9.17) is 0 Å². The molecule has 0 spiro atoms. The first-order valence-electron chi connectivity index (χ1n) is 6.98. The fraction of sp³-hybridized carbons (Fsp3) is 0.368. The van der Waals surface area contributed by atoms with Crippen molar-refractivity contribution in [1.82, 2.24) is 4.90 Å². The first-order chi connectivity index (χ1) is 9.40. The Kier molecular flexibility index (Phi) is 6.28. The SMILES string of the molecule is C=Cc1cccc(CN(C)CC=CC#CC(C)(C)C)c1. The highest BCUT2D eigenvalue weighted by Crippen LogP contribution is 2.10. The van der Waals surface area contributed by atoms with Crippen LogP contribution in [0.25, 0.3) is 6.08 Å². The zero-order valence-electron chi connectivity index (χ0n) is 13.1. The van der Waals surface area contributed by atoms with Crippen molar-refractivity contribution in [3.8, 4) is 11.8 Å². The van der Waals surface area contributed by atoms with Crippen LogP contribution in [0.1, 0.15) is 31.9 Å². The molecule has 0 saturated carbocycles. The van der Waals surface area contributed by atoms with Crippen LogP contribution in [0.15, 0.2) is 43.0 Å². The summed E-state index contributed by atoms with van der Waals surface area (Å²) in [5.41, 5.74) is 2.54. The minimum atomic E-state index is 0.0708. The zero-order valence-corrected chi connectivity index (χ0v) is 13.1. The van der Waals surface area contributed by atoms with Gasteiger partial charge in [0.15, 0.2) is 0 Å². The van der Waals surface area contributed by atoms with Gasteiger partial charge >= 0.3 is 0 Å². The predicted molar refractivity (Wildman–Crippen MR) is 89.2 cm³/mol. The van der Waals surface area contributed by atoms with E-state index in [0.29, 0.717) is 0 Å². The van der Waals surface area contributed by atoms with Crippen LogP contribution in [-0.4, -0.2) is 18.5 Å². The lowest BCUT2D eigenvalue weighted by molar-refractivity contribution is 0.363. The number of nitrogens with zero attached hydrogens (tertiary/aromatic N) is 1. The average molecular weight is 267 g/mol. The summed E-state index contributed by atoms with van der Waals surface area (Å²) in [6.45, 7) is 12.0. The Bertz CT molecular complexity index is 521. The largest absolute Gasteiger partial charge is 0.298 e.